The monoisotopic (exact) mass is 328 g/mol. The number of hydrogen-bond donors (Lipinski definition) is 2. The maximum atomic E-state index is 12.4. The van der Waals surface area contributed by atoms with E-state index in [2.05, 4.69) is 9.97 Å². The van der Waals surface area contributed by atoms with Crippen LogP contribution in [0.5, 0.6) is 0 Å². The fourth-order valence-electron chi connectivity index (χ4n) is 2.99. The van der Waals surface area contributed by atoms with Crippen LogP contribution in [0.3, 0.4) is 0 Å². The van der Waals surface area contributed by atoms with Crippen molar-refractivity contribution in [2.75, 3.05) is 0 Å². The molecule has 0 aliphatic heterocycles. The number of aliphatic hydroxyl groups excluding tert-OH is 1. The molecule has 122 valence electrons. The molecule has 0 saturated carbocycles. The van der Waals surface area contributed by atoms with Gasteiger partial charge in [0.05, 0.1) is 17.5 Å². The van der Waals surface area contributed by atoms with E-state index in [4.69, 9.17) is 0 Å². The van der Waals surface area contributed by atoms with Gasteiger partial charge in [-0.25, -0.2) is 4.98 Å². The number of aliphatic hydroxyl groups is 1. The van der Waals surface area contributed by atoms with Crippen molar-refractivity contribution < 1.29 is 5.11 Å². The molecular weight excluding hydrogens is 312 g/mol. The zero-order valence-corrected chi connectivity index (χ0v) is 13.4. The Balaban J connectivity index is 1.94. The third-order valence-corrected chi connectivity index (χ3v) is 4.22. The first-order valence-electron chi connectivity index (χ1n) is 8.05. The number of H-pyrrole nitrogens is 1. The fourth-order valence-corrected chi connectivity index (χ4v) is 2.99. The number of aromatic amines is 1. The minimum Gasteiger partial charge on any atom is -0.392 e. The summed E-state index contributed by atoms with van der Waals surface area (Å²) in [6.07, 6.45) is 0. The van der Waals surface area contributed by atoms with Crippen molar-refractivity contribution in [3.8, 4) is 22.5 Å². The molecule has 1 aromatic heterocycles. The number of rotatable bonds is 3. The number of nitrogens with zero attached hydrogens (tertiary/aromatic N) is 1. The zero-order valence-electron chi connectivity index (χ0n) is 13.4. The molecule has 0 amide bonds. The lowest BCUT2D eigenvalue weighted by Gasteiger charge is -2.11. The number of para-hydroxylation sites is 1. The molecule has 0 atom stereocenters. The van der Waals surface area contributed by atoms with Crippen LogP contribution in [0.1, 0.15) is 5.56 Å². The van der Waals surface area contributed by atoms with Crippen molar-refractivity contribution in [1.82, 2.24) is 9.97 Å². The molecule has 0 bridgehead atoms. The molecule has 0 spiro atoms. The molecule has 2 N–H and O–H groups in total. The van der Waals surface area contributed by atoms with E-state index >= 15 is 0 Å². The summed E-state index contributed by atoms with van der Waals surface area (Å²) in [5.74, 6) is 0.536. The molecule has 0 saturated heterocycles. The lowest BCUT2D eigenvalue weighted by atomic mass is 9.97. The molecule has 1 heterocycles. The molecule has 4 nitrogen and oxygen atoms in total. The molecular formula is C21H16N2O2. The summed E-state index contributed by atoms with van der Waals surface area (Å²) in [5.41, 5.74) is 4.13. The molecule has 4 heteroatoms. The van der Waals surface area contributed by atoms with Crippen LogP contribution in [0.25, 0.3) is 33.4 Å². The first-order chi connectivity index (χ1) is 12.3. The van der Waals surface area contributed by atoms with E-state index in [1.807, 2.05) is 66.7 Å². The Kier molecular flexibility index (Phi) is 3.88. The average Bonchev–Trinajstić information content (AvgIpc) is 2.68. The quantitative estimate of drug-likeness (QED) is 0.602. The lowest BCUT2D eigenvalue weighted by molar-refractivity contribution is 0.282. The fraction of sp³-hybridized carbons (Fsp3) is 0.0476. The summed E-state index contributed by atoms with van der Waals surface area (Å²) in [4.78, 5) is 19.9. The highest BCUT2D eigenvalue weighted by molar-refractivity contribution is 5.84. The normalized spacial score (nSPS) is 10.9. The van der Waals surface area contributed by atoms with Crippen LogP contribution in [0, 0.1) is 0 Å². The molecule has 4 aromatic rings. The Labute approximate surface area is 144 Å². The summed E-state index contributed by atoms with van der Waals surface area (Å²) >= 11 is 0. The minimum atomic E-state index is -0.153. The van der Waals surface area contributed by atoms with Crippen LogP contribution in [-0.2, 0) is 6.61 Å². The molecule has 25 heavy (non-hydrogen) atoms. The van der Waals surface area contributed by atoms with E-state index in [1.165, 1.54) is 0 Å². The second-order valence-electron chi connectivity index (χ2n) is 5.84. The molecule has 4 rings (SSSR count). The van der Waals surface area contributed by atoms with Gasteiger partial charge in [0, 0.05) is 5.56 Å². The molecule has 0 aliphatic carbocycles. The topological polar surface area (TPSA) is 66.0 Å². The second kappa shape index (κ2) is 6.34. The Bertz CT molecular complexity index is 1120. The maximum absolute atomic E-state index is 12.4. The van der Waals surface area contributed by atoms with Gasteiger partial charge >= 0.3 is 0 Å². The largest absolute Gasteiger partial charge is 0.392 e. The van der Waals surface area contributed by atoms with E-state index in [0.717, 1.165) is 22.3 Å². The van der Waals surface area contributed by atoms with Crippen LogP contribution in [-0.4, -0.2) is 15.1 Å². The Hall–Kier alpha value is -3.24. The number of aromatic nitrogens is 2. The number of nitrogens with one attached hydrogen (secondary N) is 1. The standard InChI is InChI=1S/C21H16N2O2/c24-13-14-6-5-7-15(12-14)16-8-1-2-9-17(16)20-22-19-11-4-3-10-18(19)21(25)23-20/h1-12,24H,13H2,(H,22,23,25). The predicted molar refractivity (Wildman–Crippen MR) is 99.2 cm³/mol. The predicted octanol–water partition coefficient (Wildman–Crippen LogP) is 3.75. The molecule has 0 unspecified atom stereocenters. The highest BCUT2D eigenvalue weighted by Crippen LogP contribution is 2.30. The van der Waals surface area contributed by atoms with Gasteiger partial charge in [0.15, 0.2) is 0 Å². The maximum Gasteiger partial charge on any atom is 0.259 e. The van der Waals surface area contributed by atoms with Crippen molar-refractivity contribution in [3.05, 3.63) is 88.7 Å². The van der Waals surface area contributed by atoms with Gasteiger partial charge in [-0.2, -0.15) is 0 Å². The van der Waals surface area contributed by atoms with Crippen molar-refractivity contribution in [1.29, 1.82) is 0 Å². The summed E-state index contributed by atoms with van der Waals surface area (Å²) < 4.78 is 0. The van der Waals surface area contributed by atoms with Gasteiger partial charge in [-0.15, -0.1) is 0 Å². The number of hydrogen-bond acceptors (Lipinski definition) is 3. The molecule has 0 aliphatic rings. The molecule has 0 radical (unpaired) electrons. The number of benzene rings is 3. The smallest absolute Gasteiger partial charge is 0.259 e. The minimum absolute atomic E-state index is 0.0128. The van der Waals surface area contributed by atoms with E-state index in [9.17, 15) is 9.90 Å². The lowest BCUT2D eigenvalue weighted by Crippen LogP contribution is -2.09. The van der Waals surface area contributed by atoms with Gasteiger partial charge in [-0.05, 0) is 34.9 Å². The van der Waals surface area contributed by atoms with Crippen LogP contribution in [0.15, 0.2) is 77.6 Å². The van der Waals surface area contributed by atoms with Crippen LogP contribution < -0.4 is 5.56 Å². The Morgan fingerprint density at radius 3 is 2.48 bits per heavy atom. The van der Waals surface area contributed by atoms with Crippen molar-refractivity contribution in [2.24, 2.45) is 0 Å². The Morgan fingerprint density at radius 2 is 1.64 bits per heavy atom. The summed E-state index contributed by atoms with van der Waals surface area (Å²) in [6.45, 7) is -0.0128. The van der Waals surface area contributed by atoms with Crippen molar-refractivity contribution in [2.45, 2.75) is 6.61 Å². The van der Waals surface area contributed by atoms with Crippen molar-refractivity contribution in [3.63, 3.8) is 0 Å². The van der Waals surface area contributed by atoms with E-state index < -0.39 is 0 Å². The van der Waals surface area contributed by atoms with E-state index in [1.54, 1.807) is 6.07 Å². The average molecular weight is 328 g/mol. The van der Waals surface area contributed by atoms with Crippen LogP contribution in [0.4, 0.5) is 0 Å². The van der Waals surface area contributed by atoms with Gasteiger partial charge in [-0.1, -0.05) is 54.6 Å². The van der Waals surface area contributed by atoms with Gasteiger partial charge in [0.25, 0.3) is 5.56 Å². The van der Waals surface area contributed by atoms with Gasteiger partial charge < -0.3 is 10.1 Å². The van der Waals surface area contributed by atoms with Gasteiger partial charge in [0.1, 0.15) is 5.82 Å². The van der Waals surface area contributed by atoms with E-state index in [0.29, 0.717) is 16.7 Å². The van der Waals surface area contributed by atoms with E-state index in [-0.39, 0.29) is 12.2 Å². The van der Waals surface area contributed by atoms with Gasteiger partial charge in [0.2, 0.25) is 0 Å². The second-order valence-corrected chi connectivity index (χ2v) is 5.84. The SMILES string of the molecule is O=c1[nH]c(-c2ccccc2-c2cccc(CO)c2)nc2ccccc12. The first kappa shape index (κ1) is 15.3. The van der Waals surface area contributed by atoms with Gasteiger partial charge in [-0.3, -0.25) is 4.79 Å². The molecule has 3 aromatic carbocycles. The summed E-state index contributed by atoms with van der Waals surface area (Å²) in [5, 5.41) is 9.97. The summed E-state index contributed by atoms with van der Waals surface area (Å²) in [6, 6.07) is 22.8. The van der Waals surface area contributed by atoms with Crippen molar-refractivity contribution >= 4 is 10.9 Å². The number of fused-ring (bicyclic) bond motifs is 1. The van der Waals surface area contributed by atoms with Crippen LogP contribution >= 0.6 is 0 Å². The van der Waals surface area contributed by atoms with Crippen LogP contribution in [0.2, 0.25) is 0 Å². The first-order valence-corrected chi connectivity index (χ1v) is 8.05. The summed E-state index contributed by atoms with van der Waals surface area (Å²) in [7, 11) is 0. The Morgan fingerprint density at radius 1 is 0.880 bits per heavy atom. The molecule has 0 fully saturated rings. The highest BCUT2D eigenvalue weighted by Gasteiger charge is 2.11. The zero-order chi connectivity index (χ0) is 17.2. The third kappa shape index (κ3) is 2.84. The highest BCUT2D eigenvalue weighted by atomic mass is 16.3. The third-order valence-electron chi connectivity index (χ3n) is 4.22.